The van der Waals surface area contributed by atoms with E-state index in [4.69, 9.17) is 4.74 Å². The molecule has 0 spiro atoms. The number of likely N-dealkylation sites (tertiary alicyclic amines) is 1. The summed E-state index contributed by atoms with van der Waals surface area (Å²) in [6, 6.07) is 7.60. The van der Waals surface area contributed by atoms with Gasteiger partial charge in [-0.25, -0.2) is 0 Å². The van der Waals surface area contributed by atoms with Gasteiger partial charge in [0.25, 0.3) is 0 Å². The molecule has 0 aliphatic carbocycles. The molecule has 2 heterocycles. The van der Waals surface area contributed by atoms with Crippen LogP contribution in [0.3, 0.4) is 0 Å². The second-order valence-corrected chi connectivity index (χ2v) is 6.85. The maximum Gasteiger partial charge on any atom is 0.228 e. The van der Waals surface area contributed by atoms with Crippen molar-refractivity contribution in [2.75, 3.05) is 39.8 Å². The molecule has 1 aromatic rings. The fourth-order valence-electron chi connectivity index (χ4n) is 3.54. The zero-order chi connectivity index (χ0) is 18.7. The molecule has 2 saturated heterocycles. The van der Waals surface area contributed by atoms with Crippen molar-refractivity contribution in [3.63, 3.8) is 0 Å². The Morgan fingerprint density at radius 1 is 1.08 bits per heavy atom. The number of amides is 3. The van der Waals surface area contributed by atoms with E-state index in [-0.39, 0.29) is 30.1 Å². The van der Waals surface area contributed by atoms with Gasteiger partial charge in [-0.15, -0.1) is 0 Å². The summed E-state index contributed by atoms with van der Waals surface area (Å²) < 4.78 is 5.14. The number of benzene rings is 1. The third kappa shape index (κ3) is 3.98. The van der Waals surface area contributed by atoms with Crippen molar-refractivity contribution in [2.24, 2.45) is 5.92 Å². The molecular weight excluding hydrogens is 334 g/mol. The Bertz CT molecular complexity index is 681. The van der Waals surface area contributed by atoms with Crippen LogP contribution in [0.25, 0.3) is 0 Å². The monoisotopic (exact) mass is 359 g/mol. The van der Waals surface area contributed by atoms with Crippen LogP contribution in [-0.4, -0.2) is 72.3 Å². The topological polar surface area (TPSA) is 70.2 Å². The first-order valence-electron chi connectivity index (χ1n) is 8.93. The van der Waals surface area contributed by atoms with Crippen LogP contribution in [0.5, 0.6) is 5.75 Å². The summed E-state index contributed by atoms with van der Waals surface area (Å²) in [4.78, 5) is 41.7. The number of rotatable bonds is 4. The van der Waals surface area contributed by atoms with E-state index in [1.54, 1.807) is 28.7 Å². The van der Waals surface area contributed by atoms with Crippen LogP contribution in [0.1, 0.15) is 18.9 Å². The Labute approximate surface area is 153 Å². The summed E-state index contributed by atoms with van der Waals surface area (Å²) in [6.45, 7) is 4.73. The summed E-state index contributed by atoms with van der Waals surface area (Å²) in [5.74, 6) is 0.572. The van der Waals surface area contributed by atoms with Crippen LogP contribution in [0.4, 0.5) is 0 Å². The standard InChI is InChI=1S/C19H25N3O4/c1-14(23)20-7-9-21(10-8-20)19(25)16-11-18(24)22(13-16)12-15-3-5-17(26-2)6-4-15/h3-6,16H,7-13H2,1-2H3. The molecule has 0 radical (unpaired) electrons. The molecule has 1 atom stereocenters. The minimum atomic E-state index is -0.287. The zero-order valence-electron chi connectivity index (χ0n) is 15.3. The number of hydrogen-bond acceptors (Lipinski definition) is 4. The van der Waals surface area contributed by atoms with E-state index >= 15 is 0 Å². The molecule has 7 heteroatoms. The van der Waals surface area contributed by atoms with Crippen LogP contribution >= 0.6 is 0 Å². The largest absolute Gasteiger partial charge is 0.497 e. The minimum absolute atomic E-state index is 0.0153. The molecule has 2 fully saturated rings. The fourth-order valence-corrected chi connectivity index (χ4v) is 3.54. The number of methoxy groups -OCH3 is 1. The first-order chi connectivity index (χ1) is 12.5. The third-order valence-electron chi connectivity index (χ3n) is 5.13. The lowest BCUT2D eigenvalue weighted by molar-refractivity contribution is -0.141. The summed E-state index contributed by atoms with van der Waals surface area (Å²) in [5.41, 5.74) is 1.02. The SMILES string of the molecule is COc1ccc(CN2CC(C(=O)N3CCN(C(C)=O)CC3)CC2=O)cc1. The smallest absolute Gasteiger partial charge is 0.228 e. The molecule has 0 bridgehead atoms. The van der Waals surface area contributed by atoms with E-state index in [0.717, 1.165) is 11.3 Å². The minimum Gasteiger partial charge on any atom is -0.497 e. The number of nitrogens with zero attached hydrogens (tertiary/aromatic N) is 3. The number of piperazine rings is 1. The second-order valence-electron chi connectivity index (χ2n) is 6.85. The van der Waals surface area contributed by atoms with Gasteiger partial charge >= 0.3 is 0 Å². The molecule has 7 nitrogen and oxygen atoms in total. The fraction of sp³-hybridized carbons (Fsp3) is 0.526. The van der Waals surface area contributed by atoms with Crippen molar-refractivity contribution >= 4 is 17.7 Å². The highest BCUT2D eigenvalue weighted by Gasteiger charge is 2.37. The van der Waals surface area contributed by atoms with Gasteiger partial charge in [-0.2, -0.15) is 0 Å². The van der Waals surface area contributed by atoms with E-state index in [1.165, 1.54) is 0 Å². The van der Waals surface area contributed by atoms with Gasteiger partial charge in [0.15, 0.2) is 0 Å². The quantitative estimate of drug-likeness (QED) is 0.795. The summed E-state index contributed by atoms with van der Waals surface area (Å²) >= 11 is 0. The Balaban J connectivity index is 1.55. The van der Waals surface area contributed by atoms with Crippen molar-refractivity contribution < 1.29 is 19.1 Å². The van der Waals surface area contributed by atoms with Gasteiger partial charge in [0.05, 0.1) is 13.0 Å². The average molecular weight is 359 g/mol. The lowest BCUT2D eigenvalue weighted by Gasteiger charge is -2.35. The first kappa shape index (κ1) is 18.2. The number of carbonyl (C=O) groups excluding carboxylic acids is 3. The molecule has 0 N–H and O–H groups in total. The average Bonchev–Trinajstić information content (AvgIpc) is 3.02. The molecule has 2 aliphatic rings. The molecule has 0 saturated carbocycles. The highest BCUT2D eigenvalue weighted by atomic mass is 16.5. The molecule has 1 aromatic carbocycles. The summed E-state index contributed by atoms with van der Waals surface area (Å²) in [5, 5.41) is 0. The highest BCUT2D eigenvalue weighted by molar-refractivity contribution is 5.89. The van der Waals surface area contributed by atoms with E-state index in [9.17, 15) is 14.4 Å². The summed E-state index contributed by atoms with van der Waals surface area (Å²) in [6.07, 6.45) is 0.266. The Morgan fingerprint density at radius 2 is 1.69 bits per heavy atom. The van der Waals surface area contributed by atoms with Crippen molar-refractivity contribution in [1.29, 1.82) is 0 Å². The molecule has 3 rings (SSSR count). The molecule has 2 aliphatic heterocycles. The van der Waals surface area contributed by atoms with Crippen molar-refractivity contribution in [2.45, 2.75) is 19.9 Å². The third-order valence-corrected chi connectivity index (χ3v) is 5.13. The van der Waals surface area contributed by atoms with Crippen LogP contribution in [0.15, 0.2) is 24.3 Å². The molecule has 3 amide bonds. The maximum atomic E-state index is 12.7. The Kier molecular flexibility index (Phi) is 5.44. The number of carbonyl (C=O) groups is 3. The van der Waals surface area contributed by atoms with Crippen LogP contribution in [0, 0.1) is 5.92 Å². The predicted octanol–water partition coefficient (Wildman–Crippen LogP) is 0.734. The van der Waals surface area contributed by atoms with Gasteiger partial charge in [-0.1, -0.05) is 12.1 Å². The van der Waals surface area contributed by atoms with Gasteiger partial charge in [0, 0.05) is 52.6 Å². The van der Waals surface area contributed by atoms with Gasteiger partial charge in [-0.3, -0.25) is 14.4 Å². The number of ether oxygens (including phenoxy) is 1. The lowest BCUT2D eigenvalue weighted by Crippen LogP contribution is -2.51. The Morgan fingerprint density at radius 3 is 2.27 bits per heavy atom. The molecule has 1 unspecified atom stereocenters. The lowest BCUT2D eigenvalue weighted by atomic mass is 10.1. The van der Waals surface area contributed by atoms with Gasteiger partial charge in [0.2, 0.25) is 17.7 Å². The molecule has 0 aromatic heterocycles. The van der Waals surface area contributed by atoms with E-state index < -0.39 is 0 Å². The van der Waals surface area contributed by atoms with Gasteiger partial charge in [0.1, 0.15) is 5.75 Å². The van der Waals surface area contributed by atoms with Gasteiger partial charge in [-0.05, 0) is 17.7 Å². The van der Waals surface area contributed by atoms with Crippen LogP contribution in [0.2, 0.25) is 0 Å². The van der Waals surface area contributed by atoms with E-state index in [0.29, 0.717) is 39.3 Å². The Hall–Kier alpha value is -2.57. The molecule has 140 valence electrons. The zero-order valence-corrected chi connectivity index (χ0v) is 15.3. The van der Waals surface area contributed by atoms with Gasteiger partial charge < -0.3 is 19.4 Å². The normalized spacial score (nSPS) is 20.5. The van der Waals surface area contributed by atoms with Crippen molar-refractivity contribution in [3.05, 3.63) is 29.8 Å². The summed E-state index contributed by atoms with van der Waals surface area (Å²) in [7, 11) is 1.62. The number of hydrogen-bond donors (Lipinski definition) is 0. The predicted molar refractivity (Wildman–Crippen MR) is 95.4 cm³/mol. The van der Waals surface area contributed by atoms with Crippen LogP contribution < -0.4 is 4.74 Å². The highest BCUT2D eigenvalue weighted by Crippen LogP contribution is 2.23. The van der Waals surface area contributed by atoms with Crippen LogP contribution in [-0.2, 0) is 20.9 Å². The maximum absolute atomic E-state index is 12.7. The van der Waals surface area contributed by atoms with E-state index in [1.807, 2.05) is 24.3 Å². The second kappa shape index (κ2) is 7.76. The van der Waals surface area contributed by atoms with E-state index in [2.05, 4.69) is 0 Å². The molecular formula is C19H25N3O4. The van der Waals surface area contributed by atoms with Crippen molar-refractivity contribution in [1.82, 2.24) is 14.7 Å². The molecule has 26 heavy (non-hydrogen) atoms. The first-order valence-corrected chi connectivity index (χ1v) is 8.93. The van der Waals surface area contributed by atoms with Crippen molar-refractivity contribution in [3.8, 4) is 5.75 Å².